The van der Waals surface area contributed by atoms with Crippen molar-refractivity contribution in [3.63, 3.8) is 0 Å². The average Bonchev–Trinajstić information content (AvgIpc) is 2.21. The van der Waals surface area contributed by atoms with Gasteiger partial charge in [0.15, 0.2) is 0 Å². The van der Waals surface area contributed by atoms with Crippen LogP contribution in [0.2, 0.25) is 0 Å². The Labute approximate surface area is 77.6 Å². The highest BCUT2D eigenvalue weighted by atomic mass is 16.5. The SMILES string of the molecule is CCOC(=O)C12CCC(CN1)OC2. The van der Waals surface area contributed by atoms with Crippen molar-refractivity contribution in [3.05, 3.63) is 0 Å². The van der Waals surface area contributed by atoms with Crippen molar-refractivity contribution in [1.82, 2.24) is 5.32 Å². The van der Waals surface area contributed by atoms with Gasteiger partial charge in [0, 0.05) is 6.54 Å². The highest BCUT2D eigenvalue weighted by Crippen LogP contribution is 2.29. The Bertz CT molecular complexity index is 195. The van der Waals surface area contributed by atoms with Crippen molar-refractivity contribution in [2.75, 3.05) is 19.8 Å². The molecule has 0 saturated carbocycles. The number of rotatable bonds is 2. The zero-order valence-electron chi connectivity index (χ0n) is 7.84. The fourth-order valence-electron chi connectivity index (χ4n) is 1.94. The number of piperidine rings is 1. The maximum Gasteiger partial charge on any atom is 0.328 e. The molecule has 74 valence electrons. The second kappa shape index (κ2) is 3.27. The van der Waals surface area contributed by atoms with Gasteiger partial charge in [0.2, 0.25) is 0 Å². The van der Waals surface area contributed by atoms with E-state index in [4.69, 9.17) is 9.47 Å². The first kappa shape index (κ1) is 8.97. The highest BCUT2D eigenvalue weighted by Gasteiger charge is 2.47. The summed E-state index contributed by atoms with van der Waals surface area (Å²) in [6, 6.07) is 0. The number of nitrogens with one attached hydrogen (secondary N) is 1. The van der Waals surface area contributed by atoms with E-state index in [1.165, 1.54) is 0 Å². The lowest BCUT2D eigenvalue weighted by atomic mass is 9.86. The lowest BCUT2D eigenvalue weighted by molar-refractivity contribution is -0.167. The molecule has 4 nitrogen and oxygen atoms in total. The zero-order valence-corrected chi connectivity index (χ0v) is 7.84. The van der Waals surface area contributed by atoms with E-state index < -0.39 is 5.54 Å². The number of fused-ring (bicyclic) bond motifs is 3. The van der Waals surface area contributed by atoms with E-state index in [0.29, 0.717) is 19.3 Å². The minimum Gasteiger partial charge on any atom is -0.465 e. The van der Waals surface area contributed by atoms with Gasteiger partial charge in [-0.15, -0.1) is 0 Å². The minimum absolute atomic E-state index is 0.159. The molecule has 2 unspecified atom stereocenters. The topological polar surface area (TPSA) is 47.6 Å². The molecule has 2 atom stereocenters. The van der Waals surface area contributed by atoms with Crippen LogP contribution >= 0.6 is 0 Å². The van der Waals surface area contributed by atoms with Crippen LogP contribution in [0.5, 0.6) is 0 Å². The summed E-state index contributed by atoms with van der Waals surface area (Å²) in [4.78, 5) is 11.6. The van der Waals surface area contributed by atoms with Crippen molar-refractivity contribution in [2.45, 2.75) is 31.4 Å². The fraction of sp³-hybridized carbons (Fsp3) is 0.889. The van der Waals surface area contributed by atoms with Gasteiger partial charge >= 0.3 is 5.97 Å². The lowest BCUT2D eigenvalue weighted by Crippen LogP contribution is -2.66. The summed E-state index contributed by atoms with van der Waals surface area (Å²) in [5, 5.41) is 3.22. The molecule has 0 aromatic heterocycles. The van der Waals surface area contributed by atoms with E-state index in [2.05, 4.69) is 5.32 Å². The van der Waals surface area contributed by atoms with Crippen LogP contribution in [-0.4, -0.2) is 37.4 Å². The Balaban J connectivity index is 2.05. The normalized spacial score (nSPS) is 37.5. The van der Waals surface area contributed by atoms with Gasteiger partial charge in [0.1, 0.15) is 5.54 Å². The molecule has 3 aliphatic rings. The third-order valence-corrected chi connectivity index (χ3v) is 2.79. The van der Waals surface area contributed by atoms with Crippen LogP contribution in [0.15, 0.2) is 0 Å². The maximum absolute atomic E-state index is 11.6. The first-order valence-corrected chi connectivity index (χ1v) is 4.81. The van der Waals surface area contributed by atoms with Gasteiger partial charge in [-0.2, -0.15) is 0 Å². The molecule has 3 rings (SSSR count). The van der Waals surface area contributed by atoms with E-state index in [0.717, 1.165) is 19.4 Å². The Hall–Kier alpha value is -0.610. The fourth-order valence-corrected chi connectivity index (χ4v) is 1.94. The van der Waals surface area contributed by atoms with E-state index in [1.54, 1.807) is 0 Å². The van der Waals surface area contributed by atoms with Crippen molar-refractivity contribution in [1.29, 1.82) is 0 Å². The van der Waals surface area contributed by atoms with Crippen LogP contribution in [0, 0.1) is 0 Å². The number of hydrogen-bond acceptors (Lipinski definition) is 4. The van der Waals surface area contributed by atoms with Gasteiger partial charge in [0.25, 0.3) is 0 Å². The van der Waals surface area contributed by atoms with Crippen LogP contribution in [0.25, 0.3) is 0 Å². The van der Waals surface area contributed by atoms with Crippen molar-refractivity contribution < 1.29 is 14.3 Å². The maximum atomic E-state index is 11.6. The first-order valence-electron chi connectivity index (χ1n) is 4.81. The molecule has 3 saturated heterocycles. The van der Waals surface area contributed by atoms with Gasteiger partial charge in [0.05, 0.1) is 19.3 Å². The summed E-state index contributed by atoms with van der Waals surface area (Å²) in [6.45, 7) is 3.50. The van der Waals surface area contributed by atoms with Gasteiger partial charge in [-0.05, 0) is 19.8 Å². The number of morpholine rings is 1. The molecule has 2 bridgehead atoms. The van der Waals surface area contributed by atoms with Crippen LogP contribution in [0.4, 0.5) is 0 Å². The molecule has 13 heavy (non-hydrogen) atoms. The largest absolute Gasteiger partial charge is 0.465 e. The van der Waals surface area contributed by atoms with Gasteiger partial charge in [-0.1, -0.05) is 0 Å². The smallest absolute Gasteiger partial charge is 0.328 e. The molecular formula is C9H15NO3. The summed E-state index contributed by atoms with van der Waals surface area (Å²) in [5.41, 5.74) is -0.537. The standard InChI is InChI=1S/C9H15NO3/c1-2-12-8(11)9-4-3-7(5-10-9)13-6-9/h7,10H,2-6H2,1H3. The molecule has 3 heterocycles. The van der Waals surface area contributed by atoms with Gasteiger partial charge in [-0.3, -0.25) is 5.32 Å². The average molecular weight is 185 g/mol. The van der Waals surface area contributed by atoms with Crippen LogP contribution < -0.4 is 5.32 Å². The lowest BCUT2D eigenvalue weighted by Gasteiger charge is -2.44. The van der Waals surface area contributed by atoms with E-state index in [1.807, 2.05) is 6.92 Å². The second-order valence-corrected chi connectivity index (χ2v) is 3.66. The predicted octanol–water partition coefficient (Wildman–Crippen LogP) is 0.0705. The van der Waals surface area contributed by atoms with Crippen molar-refractivity contribution in [2.24, 2.45) is 0 Å². The van der Waals surface area contributed by atoms with Gasteiger partial charge < -0.3 is 9.47 Å². The van der Waals surface area contributed by atoms with E-state index >= 15 is 0 Å². The first-order chi connectivity index (χ1) is 6.27. The summed E-state index contributed by atoms with van der Waals surface area (Å²) in [5.74, 6) is -0.159. The summed E-state index contributed by atoms with van der Waals surface area (Å²) in [7, 11) is 0. The predicted molar refractivity (Wildman–Crippen MR) is 46.3 cm³/mol. The third kappa shape index (κ3) is 1.44. The molecule has 0 radical (unpaired) electrons. The minimum atomic E-state index is -0.537. The number of hydrogen-bond donors (Lipinski definition) is 1. The molecule has 3 fully saturated rings. The quantitative estimate of drug-likeness (QED) is 0.618. The third-order valence-electron chi connectivity index (χ3n) is 2.79. The molecule has 0 amide bonds. The van der Waals surface area contributed by atoms with Crippen LogP contribution in [-0.2, 0) is 14.3 Å². The summed E-state index contributed by atoms with van der Waals surface area (Å²) < 4.78 is 10.5. The molecule has 0 aliphatic carbocycles. The Morgan fingerprint density at radius 1 is 1.77 bits per heavy atom. The Kier molecular flexibility index (Phi) is 2.26. The molecule has 0 aromatic rings. The van der Waals surface area contributed by atoms with Crippen molar-refractivity contribution >= 4 is 5.97 Å². The molecule has 1 N–H and O–H groups in total. The Morgan fingerprint density at radius 3 is 3.08 bits per heavy atom. The number of esters is 1. The van der Waals surface area contributed by atoms with Gasteiger partial charge in [-0.25, -0.2) is 4.79 Å². The number of carbonyl (C=O) groups is 1. The number of ether oxygens (including phenoxy) is 2. The number of carbonyl (C=O) groups excluding carboxylic acids is 1. The highest BCUT2D eigenvalue weighted by molar-refractivity contribution is 5.81. The molecule has 3 aliphatic heterocycles. The summed E-state index contributed by atoms with van der Waals surface area (Å²) >= 11 is 0. The van der Waals surface area contributed by atoms with Crippen LogP contribution in [0.1, 0.15) is 19.8 Å². The van der Waals surface area contributed by atoms with Crippen molar-refractivity contribution in [3.8, 4) is 0 Å². The molecule has 0 spiro atoms. The zero-order chi connectivity index (χ0) is 9.31. The summed E-state index contributed by atoms with van der Waals surface area (Å²) in [6.07, 6.45) is 2.11. The Morgan fingerprint density at radius 2 is 2.62 bits per heavy atom. The van der Waals surface area contributed by atoms with Crippen LogP contribution in [0.3, 0.4) is 0 Å². The van der Waals surface area contributed by atoms with E-state index in [-0.39, 0.29) is 5.97 Å². The van der Waals surface area contributed by atoms with E-state index in [9.17, 15) is 4.79 Å². The molecular weight excluding hydrogens is 170 g/mol. The molecule has 4 heteroatoms. The monoisotopic (exact) mass is 185 g/mol. The second-order valence-electron chi connectivity index (χ2n) is 3.66. The molecule has 0 aromatic carbocycles.